The van der Waals surface area contributed by atoms with Gasteiger partial charge in [-0.3, -0.25) is 0 Å². The van der Waals surface area contributed by atoms with Crippen LogP contribution < -0.4 is 9.47 Å². The number of hydrogen-bond donors (Lipinski definition) is 2. The summed E-state index contributed by atoms with van der Waals surface area (Å²) in [6.07, 6.45) is -5.93. The van der Waals surface area contributed by atoms with Crippen molar-refractivity contribution in [3.63, 3.8) is 0 Å². The first-order valence-corrected chi connectivity index (χ1v) is 11.3. The van der Waals surface area contributed by atoms with E-state index in [1.54, 1.807) is 6.92 Å². The lowest BCUT2D eigenvalue weighted by molar-refractivity contribution is -0.145. The number of sulfone groups is 1. The number of esters is 1. The SMILES string of the molecule is CCOC(=O)COc1ccc(S(=O)(=O)CC(O)COc2ccc(C(F)(F)F)cc2)cc1S. The molecule has 0 fully saturated rings. The zero-order valence-electron chi connectivity index (χ0n) is 16.8. The van der Waals surface area contributed by atoms with Crippen molar-refractivity contribution in [2.45, 2.75) is 29.0 Å². The zero-order valence-corrected chi connectivity index (χ0v) is 18.5. The molecule has 1 atom stereocenters. The fourth-order valence-electron chi connectivity index (χ4n) is 2.48. The summed E-state index contributed by atoms with van der Waals surface area (Å²) >= 11 is 4.15. The zero-order chi connectivity index (χ0) is 23.9. The van der Waals surface area contributed by atoms with Gasteiger partial charge in [0.25, 0.3) is 0 Å². The fourth-order valence-corrected chi connectivity index (χ4v) is 4.22. The van der Waals surface area contributed by atoms with Crippen LogP contribution in [0.2, 0.25) is 0 Å². The van der Waals surface area contributed by atoms with Crippen molar-refractivity contribution in [3.8, 4) is 11.5 Å². The van der Waals surface area contributed by atoms with Crippen LogP contribution in [0.15, 0.2) is 52.3 Å². The van der Waals surface area contributed by atoms with Crippen LogP contribution in [0.25, 0.3) is 0 Å². The molecule has 2 aromatic rings. The molecule has 0 spiro atoms. The molecule has 0 aliphatic carbocycles. The summed E-state index contributed by atoms with van der Waals surface area (Å²) in [6.45, 7) is 1.02. The van der Waals surface area contributed by atoms with Gasteiger partial charge < -0.3 is 19.3 Å². The number of hydrogen-bond acceptors (Lipinski definition) is 8. The van der Waals surface area contributed by atoms with Crippen LogP contribution in [-0.2, 0) is 25.5 Å². The molecule has 0 saturated carbocycles. The Morgan fingerprint density at radius 2 is 1.78 bits per heavy atom. The molecule has 2 rings (SSSR count). The standard InChI is InChI=1S/C20H21F3O7S2/c1-2-28-19(25)11-30-17-8-7-16(9-18(17)31)32(26,27)12-14(24)10-29-15-5-3-13(4-6-15)20(21,22)23/h3-9,14,24,31H,2,10-12H2,1H3. The van der Waals surface area contributed by atoms with Gasteiger partial charge in [-0.2, -0.15) is 13.2 Å². The number of ether oxygens (including phenoxy) is 3. The molecule has 32 heavy (non-hydrogen) atoms. The molecular formula is C20H21F3O7S2. The lowest BCUT2D eigenvalue weighted by Crippen LogP contribution is -2.27. The highest BCUT2D eigenvalue weighted by Crippen LogP contribution is 2.30. The quantitative estimate of drug-likeness (QED) is 0.387. The number of aliphatic hydroxyl groups is 1. The number of carbonyl (C=O) groups excluding carboxylic acids is 1. The van der Waals surface area contributed by atoms with Crippen molar-refractivity contribution in [3.05, 3.63) is 48.0 Å². The Bertz CT molecular complexity index is 1020. The van der Waals surface area contributed by atoms with E-state index in [4.69, 9.17) is 14.2 Å². The number of benzene rings is 2. The molecule has 0 amide bonds. The molecule has 0 aliphatic heterocycles. The summed E-state index contributed by atoms with van der Waals surface area (Å²) < 4.78 is 77.9. The second kappa shape index (κ2) is 10.9. The molecule has 1 N–H and O–H groups in total. The van der Waals surface area contributed by atoms with Gasteiger partial charge >= 0.3 is 12.1 Å². The summed E-state index contributed by atoms with van der Waals surface area (Å²) in [6, 6.07) is 7.55. The lowest BCUT2D eigenvalue weighted by atomic mass is 10.2. The molecule has 0 radical (unpaired) electrons. The Hall–Kier alpha value is -2.44. The van der Waals surface area contributed by atoms with Crippen molar-refractivity contribution in [2.24, 2.45) is 0 Å². The predicted octanol–water partition coefficient (Wildman–Crippen LogP) is 3.15. The highest BCUT2D eigenvalue weighted by atomic mass is 32.2. The third kappa shape index (κ3) is 7.61. The van der Waals surface area contributed by atoms with Gasteiger partial charge in [0.15, 0.2) is 16.4 Å². The number of halogens is 3. The average molecular weight is 495 g/mol. The van der Waals surface area contributed by atoms with E-state index >= 15 is 0 Å². The summed E-state index contributed by atoms with van der Waals surface area (Å²) in [5.41, 5.74) is -0.856. The first-order chi connectivity index (χ1) is 14.9. The molecule has 0 aromatic heterocycles. The summed E-state index contributed by atoms with van der Waals surface area (Å²) in [5.74, 6) is -1.06. The molecule has 0 bridgehead atoms. The molecule has 0 heterocycles. The molecule has 12 heteroatoms. The molecule has 176 valence electrons. The summed E-state index contributed by atoms with van der Waals surface area (Å²) in [7, 11) is -3.94. The molecule has 2 aromatic carbocycles. The van der Waals surface area contributed by atoms with Crippen molar-refractivity contribution in [1.29, 1.82) is 0 Å². The second-order valence-corrected chi connectivity index (χ2v) is 9.01. The monoisotopic (exact) mass is 494 g/mol. The number of carbonyl (C=O) groups is 1. The van der Waals surface area contributed by atoms with Crippen molar-refractivity contribution in [1.82, 2.24) is 0 Å². The van der Waals surface area contributed by atoms with Gasteiger partial charge in [-0.05, 0) is 49.4 Å². The highest BCUT2D eigenvalue weighted by Gasteiger charge is 2.30. The second-order valence-electron chi connectivity index (χ2n) is 6.49. The van der Waals surface area contributed by atoms with E-state index in [1.807, 2.05) is 0 Å². The van der Waals surface area contributed by atoms with Gasteiger partial charge in [0.05, 0.1) is 22.8 Å². The average Bonchev–Trinajstić information content (AvgIpc) is 2.71. The van der Waals surface area contributed by atoms with Crippen molar-refractivity contribution < 1.29 is 45.7 Å². The fraction of sp³-hybridized carbons (Fsp3) is 0.350. The first-order valence-electron chi connectivity index (χ1n) is 9.24. The smallest absolute Gasteiger partial charge is 0.416 e. The van der Waals surface area contributed by atoms with Crippen LogP contribution in [0.1, 0.15) is 12.5 Å². The Kier molecular flexibility index (Phi) is 8.81. The van der Waals surface area contributed by atoms with Crippen LogP contribution in [0.5, 0.6) is 11.5 Å². The van der Waals surface area contributed by atoms with Crippen molar-refractivity contribution in [2.75, 3.05) is 25.6 Å². The number of aliphatic hydroxyl groups excluding tert-OH is 1. The van der Waals surface area contributed by atoms with E-state index in [-0.39, 0.29) is 34.5 Å². The third-order valence-electron chi connectivity index (χ3n) is 3.98. The van der Waals surface area contributed by atoms with Gasteiger partial charge in [0.2, 0.25) is 0 Å². The van der Waals surface area contributed by atoms with E-state index < -0.39 is 46.0 Å². The topological polar surface area (TPSA) is 99.1 Å². The minimum Gasteiger partial charge on any atom is -0.491 e. The summed E-state index contributed by atoms with van der Waals surface area (Å²) in [4.78, 5) is 11.4. The maximum Gasteiger partial charge on any atom is 0.416 e. The van der Waals surface area contributed by atoms with Crippen LogP contribution in [0.3, 0.4) is 0 Å². The van der Waals surface area contributed by atoms with E-state index in [0.29, 0.717) is 0 Å². The van der Waals surface area contributed by atoms with Crippen LogP contribution in [0.4, 0.5) is 13.2 Å². The molecule has 0 aliphatic rings. The normalized spacial score (nSPS) is 12.8. The van der Waals surface area contributed by atoms with Gasteiger partial charge in [0.1, 0.15) is 24.2 Å². The lowest BCUT2D eigenvalue weighted by Gasteiger charge is -2.14. The van der Waals surface area contributed by atoms with E-state index in [1.165, 1.54) is 18.2 Å². The van der Waals surface area contributed by atoms with E-state index in [0.717, 1.165) is 24.3 Å². The van der Waals surface area contributed by atoms with Crippen molar-refractivity contribution >= 4 is 28.4 Å². The Morgan fingerprint density at radius 3 is 2.34 bits per heavy atom. The minimum atomic E-state index is -4.49. The van der Waals surface area contributed by atoms with E-state index in [9.17, 15) is 31.5 Å². The van der Waals surface area contributed by atoms with Crippen LogP contribution in [0, 0.1) is 0 Å². The Balaban J connectivity index is 1.95. The van der Waals surface area contributed by atoms with E-state index in [2.05, 4.69) is 12.6 Å². The molecular weight excluding hydrogens is 473 g/mol. The summed E-state index contributed by atoms with van der Waals surface area (Å²) in [5, 5.41) is 10.0. The Labute approximate surface area is 188 Å². The maximum atomic E-state index is 12.6. The maximum absolute atomic E-state index is 12.6. The highest BCUT2D eigenvalue weighted by molar-refractivity contribution is 7.91. The largest absolute Gasteiger partial charge is 0.491 e. The van der Waals surface area contributed by atoms with Gasteiger partial charge in [-0.25, -0.2) is 13.2 Å². The van der Waals surface area contributed by atoms with Crippen LogP contribution >= 0.6 is 12.6 Å². The molecule has 1 unspecified atom stereocenters. The minimum absolute atomic E-state index is 0.0511. The number of rotatable bonds is 10. The molecule has 7 nitrogen and oxygen atoms in total. The van der Waals surface area contributed by atoms with Gasteiger partial charge in [-0.1, -0.05) is 0 Å². The first kappa shape index (κ1) is 25.8. The van der Waals surface area contributed by atoms with Crippen LogP contribution in [-0.4, -0.2) is 51.2 Å². The number of thiol groups is 1. The van der Waals surface area contributed by atoms with Gasteiger partial charge in [-0.15, -0.1) is 12.6 Å². The predicted molar refractivity (Wildman–Crippen MR) is 111 cm³/mol. The number of alkyl halides is 3. The van der Waals surface area contributed by atoms with Gasteiger partial charge in [0, 0.05) is 4.90 Å². The third-order valence-corrected chi connectivity index (χ3v) is 6.12. The molecule has 0 saturated heterocycles. The Morgan fingerprint density at radius 1 is 1.12 bits per heavy atom.